The van der Waals surface area contributed by atoms with Gasteiger partial charge in [-0.25, -0.2) is 4.39 Å². The lowest BCUT2D eigenvalue weighted by molar-refractivity contribution is -0.118. The second-order valence-electron chi connectivity index (χ2n) is 9.19. The van der Waals surface area contributed by atoms with E-state index in [0.717, 1.165) is 0 Å². The van der Waals surface area contributed by atoms with Crippen LogP contribution in [-0.2, 0) is 4.79 Å². The molecule has 34 heavy (non-hydrogen) atoms. The quantitative estimate of drug-likeness (QED) is 0.563. The number of nitriles is 1. The van der Waals surface area contributed by atoms with E-state index in [1.54, 1.807) is 30.3 Å². The Balaban J connectivity index is 2.01. The zero-order valence-electron chi connectivity index (χ0n) is 19.4. The molecule has 0 aromatic heterocycles. The fraction of sp³-hybridized carbons (Fsp3) is 0.308. The average Bonchev–Trinajstić information content (AvgIpc) is 2.78. The van der Waals surface area contributed by atoms with E-state index >= 15 is 4.39 Å². The molecule has 0 amide bonds. The van der Waals surface area contributed by atoms with E-state index in [0.29, 0.717) is 45.6 Å². The molecule has 0 saturated heterocycles. The molecule has 2 N–H and O–H groups in total. The third kappa shape index (κ3) is 3.94. The van der Waals surface area contributed by atoms with Crippen LogP contribution in [0.5, 0.6) is 11.5 Å². The molecule has 0 radical (unpaired) electrons. The number of hydrogen-bond donors (Lipinski definition) is 1. The molecule has 1 aliphatic carbocycles. The van der Waals surface area contributed by atoms with Crippen LogP contribution >= 0.6 is 15.9 Å². The van der Waals surface area contributed by atoms with Crippen molar-refractivity contribution in [2.75, 3.05) is 19.1 Å². The predicted octanol–water partition coefficient (Wildman–Crippen LogP) is 5.55. The van der Waals surface area contributed by atoms with Gasteiger partial charge in [0.1, 0.15) is 11.6 Å². The lowest BCUT2D eigenvalue weighted by atomic mass is 9.68. The minimum absolute atomic E-state index is 0.0891. The van der Waals surface area contributed by atoms with Crippen molar-refractivity contribution < 1.29 is 18.7 Å². The van der Waals surface area contributed by atoms with Crippen LogP contribution in [0.25, 0.3) is 0 Å². The molecule has 1 heterocycles. The molecule has 4 rings (SSSR count). The summed E-state index contributed by atoms with van der Waals surface area (Å²) in [6, 6.07) is 12.1. The first kappa shape index (κ1) is 23.8. The summed E-state index contributed by atoms with van der Waals surface area (Å²) in [4.78, 5) is 15.1. The first-order chi connectivity index (χ1) is 16.1. The van der Waals surface area contributed by atoms with E-state index in [1.165, 1.54) is 25.2 Å². The van der Waals surface area contributed by atoms with E-state index in [9.17, 15) is 10.1 Å². The molecule has 0 spiro atoms. The van der Waals surface area contributed by atoms with Gasteiger partial charge in [-0.1, -0.05) is 35.8 Å². The lowest BCUT2D eigenvalue weighted by Gasteiger charge is -2.43. The number of carbonyl (C=O) groups excluding carboxylic acids is 1. The van der Waals surface area contributed by atoms with Crippen molar-refractivity contribution in [3.05, 3.63) is 74.9 Å². The predicted molar refractivity (Wildman–Crippen MR) is 131 cm³/mol. The summed E-state index contributed by atoms with van der Waals surface area (Å²) < 4.78 is 26.5. The van der Waals surface area contributed by atoms with Crippen molar-refractivity contribution in [3.63, 3.8) is 0 Å². The monoisotopic (exact) mass is 525 g/mol. The molecule has 2 aromatic rings. The Morgan fingerprint density at radius 2 is 1.85 bits per heavy atom. The van der Waals surface area contributed by atoms with Crippen LogP contribution in [0.1, 0.15) is 38.2 Å². The molecule has 0 fully saturated rings. The van der Waals surface area contributed by atoms with Gasteiger partial charge in [-0.2, -0.15) is 5.26 Å². The number of Topliss-reactive ketones (excluding diaryl/α,β-unsaturated/α-hetero) is 1. The maximum atomic E-state index is 15.1. The number of nitrogens with zero attached hydrogens (tertiary/aromatic N) is 2. The van der Waals surface area contributed by atoms with Gasteiger partial charge in [0.25, 0.3) is 0 Å². The highest BCUT2D eigenvalue weighted by atomic mass is 79.9. The normalized spacial score (nSPS) is 19.6. The number of rotatable bonds is 4. The third-order valence-electron chi connectivity index (χ3n) is 6.27. The van der Waals surface area contributed by atoms with Crippen LogP contribution in [0.4, 0.5) is 10.1 Å². The summed E-state index contributed by atoms with van der Waals surface area (Å²) in [6.07, 6.45) is 0.803. The van der Waals surface area contributed by atoms with Crippen molar-refractivity contribution in [3.8, 4) is 17.6 Å². The molecular weight excluding hydrogens is 501 g/mol. The van der Waals surface area contributed by atoms with Crippen molar-refractivity contribution >= 4 is 27.4 Å². The number of allylic oxidation sites excluding steroid dienone is 3. The van der Waals surface area contributed by atoms with Crippen LogP contribution in [0, 0.1) is 22.6 Å². The van der Waals surface area contributed by atoms with Gasteiger partial charge in [0.2, 0.25) is 0 Å². The second kappa shape index (κ2) is 8.80. The number of nitrogens with two attached hydrogens (primary N) is 1. The highest BCUT2D eigenvalue weighted by molar-refractivity contribution is 9.10. The molecular formula is C26H25BrFN3O3. The molecule has 0 bridgehead atoms. The summed E-state index contributed by atoms with van der Waals surface area (Å²) in [5.41, 5.74) is 8.33. The lowest BCUT2D eigenvalue weighted by Crippen LogP contribution is -2.42. The van der Waals surface area contributed by atoms with Crippen molar-refractivity contribution in [2.45, 2.75) is 32.6 Å². The van der Waals surface area contributed by atoms with Crippen molar-refractivity contribution in [1.82, 2.24) is 0 Å². The Labute approximate surface area is 206 Å². The van der Waals surface area contributed by atoms with Gasteiger partial charge < -0.3 is 15.2 Å². The smallest absolute Gasteiger partial charge is 0.162 e. The highest BCUT2D eigenvalue weighted by Gasteiger charge is 2.45. The van der Waals surface area contributed by atoms with Crippen LogP contribution in [0.15, 0.2) is 63.5 Å². The first-order valence-electron chi connectivity index (χ1n) is 10.7. The Morgan fingerprint density at radius 1 is 1.15 bits per heavy atom. The Bertz CT molecular complexity index is 1290. The van der Waals surface area contributed by atoms with Gasteiger partial charge in [0.15, 0.2) is 17.3 Å². The summed E-state index contributed by atoms with van der Waals surface area (Å²) in [7, 11) is 3.06. The van der Waals surface area contributed by atoms with Gasteiger partial charge in [0.05, 0.1) is 37.5 Å². The minimum atomic E-state index is -0.696. The molecule has 1 atom stereocenters. The number of anilines is 1. The number of ether oxygens (including phenoxy) is 2. The van der Waals surface area contributed by atoms with Gasteiger partial charge >= 0.3 is 0 Å². The Hall–Kier alpha value is -3.31. The molecule has 176 valence electrons. The zero-order valence-corrected chi connectivity index (χ0v) is 21.0. The SMILES string of the molecule is COc1ccc([C@H]2C(C#N)=C(N)N(c3ccc(Br)cc3F)C3=C2C(=O)CC(C)(C)C3)cc1OC. The third-order valence-corrected chi connectivity index (χ3v) is 6.77. The molecule has 2 aliphatic rings. The Kier molecular flexibility index (Phi) is 6.17. The van der Waals surface area contributed by atoms with E-state index in [1.807, 2.05) is 13.8 Å². The largest absolute Gasteiger partial charge is 0.493 e. The van der Waals surface area contributed by atoms with E-state index in [4.69, 9.17) is 15.2 Å². The fourth-order valence-electron chi connectivity index (χ4n) is 4.81. The second-order valence-corrected chi connectivity index (χ2v) is 10.1. The molecule has 0 saturated carbocycles. The summed E-state index contributed by atoms with van der Waals surface area (Å²) >= 11 is 3.28. The van der Waals surface area contributed by atoms with E-state index in [2.05, 4.69) is 22.0 Å². The fourth-order valence-corrected chi connectivity index (χ4v) is 5.15. The average molecular weight is 526 g/mol. The number of halogens is 2. The number of ketones is 1. The first-order valence-corrected chi connectivity index (χ1v) is 11.5. The summed E-state index contributed by atoms with van der Waals surface area (Å²) in [5.74, 6) is -0.189. The molecule has 0 unspecified atom stereocenters. The van der Waals surface area contributed by atoms with Crippen LogP contribution in [0.3, 0.4) is 0 Å². The van der Waals surface area contributed by atoms with Gasteiger partial charge in [-0.15, -0.1) is 0 Å². The zero-order chi connectivity index (χ0) is 24.8. The Morgan fingerprint density at radius 3 is 2.47 bits per heavy atom. The van der Waals surface area contributed by atoms with E-state index in [-0.39, 0.29) is 28.3 Å². The van der Waals surface area contributed by atoms with Gasteiger partial charge in [-0.3, -0.25) is 9.69 Å². The minimum Gasteiger partial charge on any atom is -0.493 e. The summed E-state index contributed by atoms with van der Waals surface area (Å²) in [6.45, 7) is 3.99. The number of methoxy groups -OCH3 is 2. The van der Waals surface area contributed by atoms with Crippen LogP contribution in [0.2, 0.25) is 0 Å². The highest BCUT2D eigenvalue weighted by Crippen LogP contribution is 2.51. The molecule has 6 nitrogen and oxygen atoms in total. The number of carbonyl (C=O) groups is 1. The van der Waals surface area contributed by atoms with Crippen LogP contribution < -0.4 is 20.1 Å². The summed E-state index contributed by atoms with van der Waals surface area (Å²) in [5, 5.41) is 10.2. The number of hydrogen-bond acceptors (Lipinski definition) is 6. The van der Waals surface area contributed by atoms with Crippen LogP contribution in [-0.4, -0.2) is 20.0 Å². The maximum Gasteiger partial charge on any atom is 0.162 e. The molecule has 8 heteroatoms. The van der Waals surface area contributed by atoms with Crippen molar-refractivity contribution in [1.29, 1.82) is 5.26 Å². The standard InChI is InChI=1S/C26H25BrFN3O3/c1-26(2)11-19-24(20(32)12-26)23(14-5-8-21(33-3)22(9-14)34-4)16(13-29)25(30)31(19)18-7-6-15(27)10-17(18)28/h5-10,23H,11-12,30H2,1-4H3/t23-/m0/s1. The molecule has 1 aliphatic heterocycles. The van der Waals surface area contributed by atoms with E-state index < -0.39 is 11.7 Å². The topological polar surface area (TPSA) is 88.6 Å². The number of benzene rings is 2. The van der Waals surface area contributed by atoms with Gasteiger partial charge in [-0.05, 0) is 47.7 Å². The maximum absolute atomic E-state index is 15.1. The van der Waals surface area contributed by atoms with Crippen molar-refractivity contribution in [2.24, 2.45) is 11.1 Å². The molecule has 2 aromatic carbocycles. The van der Waals surface area contributed by atoms with Gasteiger partial charge in [0, 0.05) is 22.2 Å².